The van der Waals surface area contributed by atoms with Crippen molar-refractivity contribution in [2.75, 3.05) is 13.2 Å². The van der Waals surface area contributed by atoms with Crippen LogP contribution in [0.5, 0.6) is 5.75 Å². The SMILES string of the molecule is CCOC(=O)CCOc1ccc(C(C)CC)cc1. The zero-order chi connectivity index (χ0) is 13.4. The Bertz CT molecular complexity index is 357. The van der Waals surface area contributed by atoms with Crippen molar-refractivity contribution in [1.29, 1.82) is 0 Å². The minimum atomic E-state index is -0.214. The van der Waals surface area contributed by atoms with Gasteiger partial charge in [0.1, 0.15) is 5.75 Å². The molecule has 0 heterocycles. The van der Waals surface area contributed by atoms with E-state index in [1.54, 1.807) is 6.92 Å². The van der Waals surface area contributed by atoms with E-state index in [2.05, 4.69) is 26.0 Å². The molecule has 3 heteroatoms. The second-order valence-corrected chi connectivity index (χ2v) is 4.28. The fourth-order valence-electron chi connectivity index (χ4n) is 1.61. The summed E-state index contributed by atoms with van der Waals surface area (Å²) in [6.45, 7) is 6.96. The summed E-state index contributed by atoms with van der Waals surface area (Å²) >= 11 is 0. The first-order valence-electron chi connectivity index (χ1n) is 6.55. The second kappa shape index (κ2) is 7.75. The summed E-state index contributed by atoms with van der Waals surface area (Å²) in [5.74, 6) is 1.15. The molecule has 0 aromatic heterocycles. The van der Waals surface area contributed by atoms with E-state index in [9.17, 15) is 4.79 Å². The average Bonchev–Trinajstić information content (AvgIpc) is 2.39. The summed E-state index contributed by atoms with van der Waals surface area (Å²) in [5.41, 5.74) is 1.32. The summed E-state index contributed by atoms with van der Waals surface area (Å²) < 4.78 is 10.3. The van der Waals surface area contributed by atoms with Gasteiger partial charge in [0.2, 0.25) is 0 Å². The fourth-order valence-corrected chi connectivity index (χ4v) is 1.61. The lowest BCUT2D eigenvalue weighted by atomic mass is 9.99. The highest BCUT2D eigenvalue weighted by Crippen LogP contribution is 2.21. The highest BCUT2D eigenvalue weighted by atomic mass is 16.5. The molecule has 1 aromatic carbocycles. The van der Waals surface area contributed by atoms with Gasteiger partial charge < -0.3 is 9.47 Å². The molecule has 0 saturated heterocycles. The van der Waals surface area contributed by atoms with Crippen molar-refractivity contribution in [2.45, 2.75) is 39.5 Å². The quantitative estimate of drug-likeness (QED) is 0.694. The van der Waals surface area contributed by atoms with Crippen molar-refractivity contribution in [2.24, 2.45) is 0 Å². The number of esters is 1. The molecule has 0 aliphatic heterocycles. The minimum absolute atomic E-state index is 0.214. The lowest BCUT2D eigenvalue weighted by molar-refractivity contribution is -0.143. The molecular weight excluding hydrogens is 228 g/mol. The van der Waals surface area contributed by atoms with E-state index in [1.807, 2.05) is 12.1 Å². The Morgan fingerprint density at radius 1 is 1.22 bits per heavy atom. The Labute approximate surface area is 109 Å². The van der Waals surface area contributed by atoms with Gasteiger partial charge in [-0.2, -0.15) is 0 Å². The van der Waals surface area contributed by atoms with Crippen LogP contribution in [-0.2, 0) is 9.53 Å². The van der Waals surface area contributed by atoms with Crippen LogP contribution in [0.2, 0.25) is 0 Å². The van der Waals surface area contributed by atoms with Gasteiger partial charge in [-0.1, -0.05) is 26.0 Å². The molecule has 0 bridgehead atoms. The summed E-state index contributed by atoms with van der Waals surface area (Å²) in [6, 6.07) is 8.06. The van der Waals surface area contributed by atoms with E-state index in [-0.39, 0.29) is 5.97 Å². The van der Waals surface area contributed by atoms with Crippen molar-refractivity contribution in [3.63, 3.8) is 0 Å². The van der Waals surface area contributed by atoms with Gasteiger partial charge in [-0.25, -0.2) is 0 Å². The molecule has 0 aliphatic rings. The monoisotopic (exact) mass is 250 g/mol. The van der Waals surface area contributed by atoms with E-state index >= 15 is 0 Å². The largest absolute Gasteiger partial charge is 0.493 e. The Morgan fingerprint density at radius 3 is 2.44 bits per heavy atom. The topological polar surface area (TPSA) is 35.5 Å². The molecule has 1 aromatic rings. The minimum Gasteiger partial charge on any atom is -0.493 e. The van der Waals surface area contributed by atoms with Crippen LogP contribution >= 0.6 is 0 Å². The van der Waals surface area contributed by atoms with Crippen LogP contribution in [0.15, 0.2) is 24.3 Å². The first-order chi connectivity index (χ1) is 8.67. The van der Waals surface area contributed by atoms with Crippen molar-refractivity contribution in [3.8, 4) is 5.75 Å². The summed E-state index contributed by atoms with van der Waals surface area (Å²) in [7, 11) is 0. The van der Waals surface area contributed by atoms with Gasteiger partial charge in [0, 0.05) is 0 Å². The maximum Gasteiger partial charge on any atom is 0.309 e. The number of rotatable bonds is 7. The van der Waals surface area contributed by atoms with Crippen molar-refractivity contribution < 1.29 is 14.3 Å². The lowest BCUT2D eigenvalue weighted by Crippen LogP contribution is -2.09. The standard InChI is InChI=1S/C15H22O3/c1-4-12(3)13-6-8-14(9-7-13)18-11-10-15(16)17-5-2/h6-9,12H,4-5,10-11H2,1-3H3. The molecule has 1 unspecified atom stereocenters. The van der Waals surface area contributed by atoms with Gasteiger partial charge >= 0.3 is 5.97 Å². The summed E-state index contributed by atoms with van der Waals surface area (Å²) in [4.78, 5) is 11.1. The van der Waals surface area contributed by atoms with E-state index in [1.165, 1.54) is 5.56 Å². The van der Waals surface area contributed by atoms with Gasteiger partial charge in [0.25, 0.3) is 0 Å². The third-order valence-electron chi connectivity index (χ3n) is 2.94. The van der Waals surface area contributed by atoms with Crippen molar-refractivity contribution in [1.82, 2.24) is 0 Å². The smallest absolute Gasteiger partial charge is 0.309 e. The number of benzene rings is 1. The van der Waals surface area contributed by atoms with Gasteiger partial charge in [0.15, 0.2) is 0 Å². The van der Waals surface area contributed by atoms with E-state index < -0.39 is 0 Å². The molecule has 0 fully saturated rings. The average molecular weight is 250 g/mol. The van der Waals surface area contributed by atoms with E-state index in [0.717, 1.165) is 12.2 Å². The molecule has 0 radical (unpaired) electrons. The van der Waals surface area contributed by atoms with Gasteiger partial charge in [-0.15, -0.1) is 0 Å². The van der Waals surface area contributed by atoms with Gasteiger partial charge in [-0.05, 0) is 37.0 Å². The predicted octanol–water partition coefficient (Wildman–Crippen LogP) is 3.53. The van der Waals surface area contributed by atoms with Crippen LogP contribution in [0.1, 0.15) is 45.1 Å². The Hall–Kier alpha value is -1.51. The van der Waals surface area contributed by atoms with E-state index in [4.69, 9.17) is 9.47 Å². The van der Waals surface area contributed by atoms with Crippen LogP contribution < -0.4 is 4.74 Å². The molecule has 1 rings (SSSR count). The molecule has 18 heavy (non-hydrogen) atoms. The Kier molecular flexibility index (Phi) is 6.26. The number of hydrogen-bond donors (Lipinski definition) is 0. The lowest BCUT2D eigenvalue weighted by Gasteiger charge is -2.10. The molecule has 0 aliphatic carbocycles. The maximum atomic E-state index is 11.1. The maximum absolute atomic E-state index is 11.1. The van der Waals surface area contributed by atoms with Crippen molar-refractivity contribution in [3.05, 3.63) is 29.8 Å². The van der Waals surface area contributed by atoms with Crippen LogP contribution in [-0.4, -0.2) is 19.2 Å². The summed E-state index contributed by atoms with van der Waals surface area (Å²) in [6.07, 6.45) is 1.42. The first-order valence-corrected chi connectivity index (χ1v) is 6.55. The Morgan fingerprint density at radius 2 is 1.89 bits per heavy atom. The Balaban J connectivity index is 2.37. The molecule has 3 nitrogen and oxygen atoms in total. The number of hydrogen-bond acceptors (Lipinski definition) is 3. The zero-order valence-electron chi connectivity index (χ0n) is 11.4. The van der Waals surface area contributed by atoms with Gasteiger partial charge in [0.05, 0.1) is 19.6 Å². The van der Waals surface area contributed by atoms with Crippen molar-refractivity contribution >= 4 is 5.97 Å². The second-order valence-electron chi connectivity index (χ2n) is 4.28. The third kappa shape index (κ3) is 4.78. The number of ether oxygens (including phenoxy) is 2. The normalized spacial score (nSPS) is 11.9. The number of carbonyl (C=O) groups is 1. The van der Waals surface area contributed by atoms with Crippen LogP contribution in [0.25, 0.3) is 0 Å². The molecular formula is C15H22O3. The van der Waals surface area contributed by atoms with Crippen LogP contribution in [0.3, 0.4) is 0 Å². The zero-order valence-corrected chi connectivity index (χ0v) is 11.4. The molecule has 0 N–H and O–H groups in total. The summed E-state index contributed by atoms with van der Waals surface area (Å²) in [5, 5.41) is 0. The highest BCUT2D eigenvalue weighted by Gasteiger charge is 2.04. The predicted molar refractivity (Wildman–Crippen MR) is 71.9 cm³/mol. The fraction of sp³-hybridized carbons (Fsp3) is 0.533. The molecule has 0 saturated carbocycles. The third-order valence-corrected chi connectivity index (χ3v) is 2.94. The van der Waals surface area contributed by atoms with Crippen LogP contribution in [0, 0.1) is 0 Å². The van der Waals surface area contributed by atoms with Crippen LogP contribution in [0.4, 0.5) is 0 Å². The highest BCUT2D eigenvalue weighted by molar-refractivity contribution is 5.69. The molecule has 100 valence electrons. The number of carbonyl (C=O) groups excluding carboxylic acids is 1. The van der Waals surface area contributed by atoms with E-state index in [0.29, 0.717) is 25.6 Å². The van der Waals surface area contributed by atoms with Gasteiger partial charge in [-0.3, -0.25) is 4.79 Å². The molecule has 1 atom stereocenters. The first kappa shape index (κ1) is 14.6. The molecule has 0 spiro atoms. The molecule has 0 amide bonds.